The zero-order chi connectivity index (χ0) is 31.6. The van der Waals surface area contributed by atoms with Gasteiger partial charge in [0.05, 0.1) is 35.3 Å². The van der Waals surface area contributed by atoms with E-state index in [4.69, 9.17) is 14.2 Å². The average Bonchev–Trinajstić information content (AvgIpc) is 3.47. The lowest BCUT2D eigenvalue weighted by Gasteiger charge is -2.38. The van der Waals surface area contributed by atoms with Crippen molar-refractivity contribution in [3.63, 3.8) is 0 Å². The summed E-state index contributed by atoms with van der Waals surface area (Å²) in [5.41, 5.74) is 1.78. The number of fused-ring (bicyclic) bond motifs is 2. The Kier molecular flexibility index (Phi) is 9.00. The first-order valence-electron chi connectivity index (χ1n) is 14.2. The van der Waals surface area contributed by atoms with E-state index >= 15 is 0 Å². The number of anilines is 2. The lowest BCUT2D eigenvalue weighted by atomic mass is 9.99. The van der Waals surface area contributed by atoms with E-state index in [9.17, 15) is 23.1 Å². The fraction of sp³-hybridized carbons (Fsp3) is 0.355. The normalized spacial score (nSPS) is 18.6. The first-order chi connectivity index (χ1) is 21.0. The number of likely N-dealkylation sites (N-methyl/N-ethyl adjacent to an activating group) is 1. The number of carbonyl (C=O) groups excluding carboxylic acids is 2. The molecule has 0 saturated carbocycles. The van der Waals surface area contributed by atoms with Gasteiger partial charge < -0.3 is 34.9 Å². The van der Waals surface area contributed by atoms with E-state index in [2.05, 4.69) is 10.6 Å². The van der Waals surface area contributed by atoms with Crippen LogP contribution >= 0.6 is 0 Å². The number of para-hydroxylation sites is 1. The Morgan fingerprint density at radius 1 is 1.09 bits per heavy atom. The third-order valence-corrected chi connectivity index (χ3v) is 9.57. The molecule has 0 bridgehead atoms. The van der Waals surface area contributed by atoms with E-state index in [0.29, 0.717) is 17.2 Å². The van der Waals surface area contributed by atoms with E-state index in [-0.39, 0.29) is 60.2 Å². The predicted molar refractivity (Wildman–Crippen MR) is 164 cm³/mol. The van der Waals surface area contributed by atoms with Crippen LogP contribution in [0.1, 0.15) is 29.8 Å². The van der Waals surface area contributed by atoms with Gasteiger partial charge in [0.1, 0.15) is 6.10 Å². The number of ether oxygens (including phenoxy) is 3. The second-order valence-electron chi connectivity index (χ2n) is 11.1. The van der Waals surface area contributed by atoms with Crippen molar-refractivity contribution in [1.29, 1.82) is 0 Å². The Hall–Kier alpha value is -4.33. The van der Waals surface area contributed by atoms with Crippen LogP contribution in [0.15, 0.2) is 65.6 Å². The fourth-order valence-electron chi connectivity index (χ4n) is 5.06. The first kappa shape index (κ1) is 31.1. The Morgan fingerprint density at radius 3 is 2.55 bits per heavy atom. The summed E-state index contributed by atoms with van der Waals surface area (Å²) in [6.45, 7) is 5.47. The van der Waals surface area contributed by atoms with Gasteiger partial charge in [-0.15, -0.1) is 0 Å². The second kappa shape index (κ2) is 12.7. The lowest BCUT2D eigenvalue weighted by Crippen LogP contribution is -2.50. The number of hydrogen-bond donors (Lipinski definition) is 3. The Labute approximate surface area is 256 Å². The van der Waals surface area contributed by atoms with E-state index in [1.807, 2.05) is 13.8 Å². The highest BCUT2D eigenvalue weighted by molar-refractivity contribution is 7.89. The van der Waals surface area contributed by atoms with Crippen LogP contribution in [-0.4, -0.2) is 80.4 Å². The SMILES string of the molecule is Cc1ccc(S(=O)(=O)N(C)C[C@H]2Oc3c(NC(=O)Nc4ccc5c(c4)OCO5)cccc3C(=O)N([C@@H](C)CO)C[C@H]2C)cc1. The molecule has 0 aliphatic carbocycles. The third-order valence-electron chi connectivity index (χ3n) is 7.74. The minimum Gasteiger partial charge on any atom is -0.486 e. The quantitative estimate of drug-likeness (QED) is 0.342. The molecule has 0 fully saturated rings. The molecule has 2 aliphatic heterocycles. The largest absolute Gasteiger partial charge is 0.486 e. The van der Waals surface area contributed by atoms with Crippen molar-refractivity contribution in [1.82, 2.24) is 9.21 Å². The Bertz CT molecular complexity index is 1650. The molecule has 0 radical (unpaired) electrons. The summed E-state index contributed by atoms with van der Waals surface area (Å²) in [4.78, 5) is 28.5. The van der Waals surface area contributed by atoms with E-state index in [1.54, 1.807) is 72.5 Å². The maximum absolute atomic E-state index is 13.7. The molecule has 234 valence electrons. The highest BCUT2D eigenvalue weighted by Crippen LogP contribution is 2.36. The summed E-state index contributed by atoms with van der Waals surface area (Å²) in [5.74, 6) is 0.440. The monoisotopic (exact) mass is 624 g/mol. The van der Waals surface area contributed by atoms with Crippen molar-refractivity contribution in [3.8, 4) is 17.2 Å². The number of rotatable bonds is 8. The molecular weight excluding hydrogens is 588 g/mol. The summed E-state index contributed by atoms with van der Waals surface area (Å²) < 4.78 is 45.3. The molecule has 3 atom stereocenters. The molecular formula is C31H36N4O8S. The number of aliphatic hydroxyl groups excluding tert-OH is 1. The van der Waals surface area contributed by atoms with Crippen LogP contribution < -0.4 is 24.8 Å². The number of nitrogens with zero attached hydrogens (tertiary/aromatic N) is 2. The van der Waals surface area contributed by atoms with Crippen molar-refractivity contribution >= 4 is 33.3 Å². The van der Waals surface area contributed by atoms with E-state index < -0.39 is 28.2 Å². The standard InChI is InChI=1S/C31H36N4O8S/c1-19-8-11-23(12-9-19)44(39,40)34(4)16-28-20(2)15-35(21(3)17-36)30(37)24-6-5-7-25(29(24)43-28)33-31(38)32-22-10-13-26-27(14-22)42-18-41-26/h5-14,20-21,28,36H,15-18H2,1-4H3,(H2,32,33,38)/t20-,21+,28-/m1/s1. The summed E-state index contributed by atoms with van der Waals surface area (Å²) in [5, 5.41) is 15.4. The van der Waals surface area contributed by atoms with Gasteiger partial charge in [-0.05, 0) is 50.2 Å². The number of carbonyl (C=O) groups is 2. The third kappa shape index (κ3) is 6.44. The number of hydrogen-bond acceptors (Lipinski definition) is 8. The van der Waals surface area contributed by atoms with Gasteiger partial charge in [-0.3, -0.25) is 4.79 Å². The fourth-order valence-corrected chi connectivity index (χ4v) is 6.24. The minimum absolute atomic E-state index is 0.0376. The number of amides is 3. The van der Waals surface area contributed by atoms with Crippen LogP contribution in [0.4, 0.5) is 16.2 Å². The van der Waals surface area contributed by atoms with Gasteiger partial charge in [0.15, 0.2) is 17.2 Å². The maximum atomic E-state index is 13.7. The molecule has 44 heavy (non-hydrogen) atoms. The number of aliphatic hydroxyl groups is 1. The van der Waals surface area contributed by atoms with Crippen molar-refractivity contribution in [2.45, 2.75) is 37.8 Å². The first-order valence-corrected chi connectivity index (χ1v) is 15.6. The molecule has 3 aromatic rings. The topological polar surface area (TPSA) is 147 Å². The smallest absolute Gasteiger partial charge is 0.323 e. The van der Waals surface area contributed by atoms with Crippen LogP contribution in [0, 0.1) is 12.8 Å². The Morgan fingerprint density at radius 2 is 1.82 bits per heavy atom. The molecule has 12 nitrogen and oxygen atoms in total. The van der Waals surface area contributed by atoms with E-state index in [0.717, 1.165) is 5.56 Å². The maximum Gasteiger partial charge on any atom is 0.323 e. The summed E-state index contributed by atoms with van der Waals surface area (Å²) in [6, 6.07) is 15.2. The number of aryl methyl sites for hydroxylation is 1. The zero-order valence-corrected chi connectivity index (χ0v) is 25.8. The number of urea groups is 1. The van der Waals surface area contributed by atoms with Crippen LogP contribution in [0.5, 0.6) is 17.2 Å². The van der Waals surface area contributed by atoms with Gasteiger partial charge >= 0.3 is 6.03 Å². The molecule has 2 heterocycles. The van der Waals surface area contributed by atoms with Crippen LogP contribution in [0.2, 0.25) is 0 Å². The summed E-state index contributed by atoms with van der Waals surface area (Å²) in [7, 11) is -2.38. The molecule has 0 aromatic heterocycles. The molecule has 2 aliphatic rings. The molecule has 5 rings (SSSR count). The van der Waals surface area contributed by atoms with Crippen LogP contribution in [0.25, 0.3) is 0 Å². The van der Waals surface area contributed by atoms with Crippen molar-refractivity contribution in [2.24, 2.45) is 5.92 Å². The summed E-state index contributed by atoms with van der Waals surface area (Å²) >= 11 is 0. The van der Waals surface area contributed by atoms with Gasteiger partial charge in [0, 0.05) is 31.3 Å². The highest BCUT2D eigenvalue weighted by Gasteiger charge is 2.36. The summed E-state index contributed by atoms with van der Waals surface area (Å²) in [6.07, 6.45) is -0.722. The molecule has 3 amide bonds. The molecule has 0 spiro atoms. The predicted octanol–water partition coefficient (Wildman–Crippen LogP) is 3.91. The van der Waals surface area contributed by atoms with Gasteiger partial charge in [-0.2, -0.15) is 4.31 Å². The molecule has 13 heteroatoms. The molecule has 0 unspecified atom stereocenters. The van der Waals surface area contributed by atoms with Gasteiger partial charge in [0.2, 0.25) is 16.8 Å². The molecule has 0 saturated heterocycles. The van der Waals surface area contributed by atoms with Crippen LogP contribution in [0.3, 0.4) is 0 Å². The van der Waals surface area contributed by atoms with Crippen molar-refractivity contribution in [2.75, 3.05) is 44.2 Å². The number of sulfonamides is 1. The van der Waals surface area contributed by atoms with Crippen molar-refractivity contribution < 1.29 is 37.3 Å². The zero-order valence-electron chi connectivity index (χ0n) is 24.9. The minimum atomic E-state index is -3.86. The second-order valence-corrected chi connectivity index (χ2v) is 13.1. The highest BCUT2D eigenvalue weighted by atomic mass is 32.2. The van der Waals surface area contributed by atoms with Gasteiger partial charge in [0.25, 0.3) is 5.91 Å². The number of nitrogens with one attached hydrogen (secondary N) is 2. The Balaban J connectivity index is 1.45. The van der Waals surface area contributed by atoms with Crippen molar-refractivity contribution in [3.05, 3.63) is 71.8 Å². The number of benzene rings is 3. The van der Waals surface area contributed by atoms with E-state index in [1.165, 1.54) is 11.4 Å². The van der Waals surface area contributed by atoms with Crippen LogP contribution in [-0.2, 0) is 10.0 Å². The lowest BCUT2D eigenvalue weighted by molar-refractivity contribution is 0.0389. The molecule has 3 aromatic carbocycles. The molecule has 3 N–H and O–H groups in total. The average molecular weight is 625 g/mol. The van der Waals surface area contributed by atoms with Gasteiger partial charge in [-0.1, -0.05) is 30.7 Å². The van der Waals surface area contributed by atoms with Gasteiger partial charge in [-0.25, -0.2) is 13.2 Å².